The van der Waals surface area contributed by atoms with Crippen molar-refractivity contribution in [2.75, 3.05) is 11.1 Å². The van der Waals surface area contributed by atoms with Gasteiger partial charge in [0.15, 0.2) is 11.6 Å². The van der Waals surface area contributed by atoms with Crippen LogP contribution in [0.1, 0.15) is 25.7 Å². The Kier molecular flexibility index (Phi) is 3.40. The SMILES string of the molecule is Nc1cc(F)c(OC(F)F)cc1NC1CC2CCC1C2. The van der Waals surface area contributed by atoms with E-state index in [1.807, 2.05) is 0 Å². The van der Waals surface area contributed by atoms with Gasteiger partial charge >= 0.3 is 6.61 Å². The van der Waals surface area contributed by atoms with Crippen molar-refractivity contribution in [3.63, 3.8) is 0 Å². The summed E-state index contributed by atoms with van der Waals surface area (Å²) in [4.78, 5) is 0. The first kappa shape index (κ1) is 13.4. The smallest absolute Gasteiger partial charge is 0.387 e. The molecule has 0 heterocycles. The summed E-state index contributed by atoms with van der Waals surface area (Å²) in [7, 11) is 0. The van der Waals surface area contributed by atoms with Crippen LogP contribution in [0, 0.1) is 17.7 Å². The van der Waals surface area contributed by atoms with Crippen molar-refractivity contribution in [2.24, 2.45) is 11.8 Å². The molecule has 0 aliphatic heterocycles. The zero-order chi connectivity index (χ0) is 14.3. The summed E-state index contributed by atoms with van der Waals surface area (Å²) in [6.45, 7) is -3.05. The molecular weight excluding hydrogens is 269 g/mol. The van der Waals surface area contributed by atoms with Crippen molar-refractivity contribution < 1.29 is 17.9 Å². The van der Waals surface area contributed by atoms with Crippen LogP contribution in [0.3, 0.4) is 0 Å². The maximum atomic E-state index is 13.5. The average Bonchev–Trinajstić information content (AvgIpc) is 2.96. The molecule has 1 aromatic carbocycles. The second-order valence-electron chi connectivity index (χ2n) is 5.67. The molecule has 0 saturated heterocycles. The van der Waals surface area contributed by atoms with Gasteiger partial charge in [-0.3, -0.25) is 0 Å². The van der Waals surface area contributed by atoms with Gasteiger partial charge in [-0.2, -0.15) is 8.78 Å². The number of nitrogens with one attached hydrogen (secondary N) is 1. The summed E-state index contributed by atoms with van der Waals surface area (Å²) in [5.41, 5.74) is 6.44. The highest BCUT2D eigenvalue weighted by Crippen LogP contribution is 2.46. The number of rotatable bonds is 4. The first-order chi connectivity index (χ1) is 9.52. The summed E-state index contributed by atoms with van der Waals surface area (Å²) in [5, 5.41) is 3.26. The molecule has 2 bridgehead atoms. The van der Waals surface area contributed by atoms with E-state index in [0.29, 0.717) is 17.6 Å². The topological polar surface area (TPSA) is 47.3 Å². The minimum absolute atomic E-state index is 0.215. The molecule has 0 amide bonds. The van der Waals surface area contributed by atoms with Crippen molar-refractivity contribution in [2.45, 2.75) is 38.3 Å². The number of hydrogen-bond acceptors (Lipinski definition) is 3. The second-order valence-corrected chi connectivity index (χ2v) is 5.67. The highest BCUT2D eigenvalue weighted by molar-refractivity contribution is 5.69. The second kappa shape index (κ2) is 5.07. The Morgan fingerprint density at radius 2 is 2.05 bits per heavy atom. The fraction of sp³-hybridized carbons (Fsp3) is 0.571. The minimum atomic E-state index is -3.05. The Morgan fingerprint density at radius 3 is 2.65 bits per heavy atom. The maximum absolute atomic E-state index is 13.5. The van der Waals surface area contributed by atoms with Crippen LogP contribution in [0.4, 0.5) is 24.5 Å². The number of nitrogens with two attached hydrogens (primary N) is 1. The number of fused-ring (bicyclic) bond motifs is 2. The molecule has 3 N–H and O–H groups in total. The van der Waals surface area contributed by atoms with E-state index in [0.717, 1.165) is 18.4 Å². The monoisotopic (exact) mass is 286 g/mol. The van der Waals surface area contributed by atoms with Crippen LogP contribution >= 0.6 is 0 Å². The normalized spacial score (nSPS) is 28.1. The first-order valence-corrected chi connectivity index (χ1v) is 6.83. The van der Waals surface area contributed by atoms with Gasteiger partial charge in [0.2, 0.25) is 0 Å². The standard InChI is InChI=1S/C14H17F3N2O/c15-9-5-10(18)12(6-13(9)20-14(16)17)19-11-4-7-1-2-8(11)3-7/h5-8,11,14,19H,1-4,18H2. The molecule has 1 aromatic rings. The Morgan fingerprint density at radius 1 is 1.25 bits per heavy atom. The molecule has 0 radical (unpaired) electrons. The lowest BCUT2D eigenvalue weighted by Gasteiger charge is -2.25. The van der Waals surface area contributed by atoms with Crippen molar-refractivity contribution in [1.82, 2.24) is 0 Å². The van der Waals surface area contributed by atoms with Gasteiger partial charge < -0.3 is 15.8 Å². The Balaban J connectivity index is 1.78. The predicted octanol–water partition coefficient (Wildman–Crippen LogP) is 3.61. The minimum Gasteiger partial charge on any atom is -0.432 e. The third kappa shape index (κ3) is 2.51. The van der Waals surface area contributed by atoms with Crippen LogP contribution in [0.15, 0.2) is 12.1 Å². The quantitative estimate of drug-likeness (QED) is 0.831. The number of nitrogen functional groups attached to an aromatic ring is 1. The van der Waals surface area contributed by atoms with Crippen molar-refractivity contribution >= 4 is 11.4 Å². The van der Waals surface area contributed by atoms with E-state index >= 15 is 0 Å². The van der Waals surface area contributed by atoms with Gasteiger partial charge in [0.25, 0.3) is 0 Å². The lowest BCUT2D eigenvalue weighted by Crippen LogP contribution is -2.26. The van der Waals surface area contributed by atoms with Gasteiger partial charge in [-0.25, -0.2) is 4.39 Å². The fourth-order valence-corrected chi connectivity index (χ4v) is 3.50. The average molecular weight is 286 g/mol. The van der Waals surface area contributed by atoms with Gasteiger partial charge in [-0.05, 0) is 31.1 Å². The summed E-state index contributed by atoms with van der Waals surface area (Å²) >= 11 is 0. The highest BCUT2D eigenvalue weighted by Gasteiger charge is 2.39. The van der Waals surface area contributed by atoms with E-state index in [4.69, 9.17) is 5.73 Å². The van der Waals surface area contributed by atoms with E-state index in [-0.39, 0.29) is 5.69 Å². The van der Waals surface area contributed by atoms with E-state index in [1.165, 1.54) is 25.3 Å². The van der Waals surface area contributed by atoms with Crippen LogP contribution < -0.4 is 15.8 Å². The van der Waals surface area contributed by atoms with Crippen LogP contribution in [-0.4, -0.2) is 12.7 Å². The summed E-state index contributed by atoms with van der Waals surface area (Å²) in [6, 6.07) is 2.54. The lowest BCUT2D eigenvalue weighted by molar-refractivity contribution is -0.0521. The van der Waals surface area contributed by atoms with Gasteiger partial charge in [0.1, 0.15) is 0 Å². The molecule has 6 heteroatoms. The first-order valence-electron chi connectivity index (χ1n) is 6.83. The molecule has 3 unspecified atom stereocenters. The number of hydrogen-bond donors (Lipinski definition) is 2. The number of alkyl halides is 2. The van der Waals surface area contributed by atoms with E-state index < -0.39 is 18.2 Å². The Hall–Kier alpha value is -1.59. The molecule has 2 aliphatic carbocycles. The van der Waals surface area contributed by atoms with E-state index in [9.17, 15) is 13.2 Å². The molecule has 2 fully saturated rings. The Bertz CT molecular complexity index is 509. The number of ether oxygens (including phenoxy) is 1. The molecule has 2 saturated carbocycles. The van der Waals surface area contributed by atoms with Gasteiger partial charge in [0.05, 0.1) is 11.4 Å². The van der Waals surface area contributed by atoms with E-state index in [1.54, 1.807) is 0 Å². The van der Waals surface area contributed by atoms with Crippen LogP contribution in [-0.2, 0) is 0 Å². The number of halogens is 3. The van der Waals surface area contributed by atoms with Gasteiger partial charge in [0, 0.05) is 18.2 Å². The third-order valence-electron chi connectivity index (χ3n) is 4.40. The summed E-state index contributed by atoms with van der Waals surface area (Å²) in [5.74, 6) is 0.000950. The molecule has 2 aliphatic rings. The highest BCUT2D eigenvalue weighted by atomic mass is 19.3. The molecule has 110 valence electrons. The van der Waals surface area contributed by atoms with Crippen molar-refractivity contribution in [1.29, 1.82) is 0 Å². The van der Waals surface area contributed by atoms with Gasteiger partial charge in [-0.1, -0.05) is 6.42 Å². The van der Waals surface area contributed by atoms with Crippen LogP contribution in [0.2, 0.25) is 0 Å². The molecule has 0 spiro atoms. The zero-order valence-corrected chi connectivity index (χ0v) is 10.9. The third-order valence-corrected chi connectivity index (χ3v) is 4.40. The molecule has 3 rings (SSSR count). The fourth-order valence-electron chi connectivity index (χ4n) is 3.50. The maximum Gasteiger partial charge on any atom is 0.387 e. The largest absolute Gasteiger partial charge is 0.432 e. The molecule has 0 aromatic heterocycles. The van der Waals surface area contributed by atoms with Crippen LogP contribution in [0.5, 0.6) is 5.75 Å². The number of benzene rings is 1. The molecule has 20 heavy (non-hydrogen) atoms. The zero-order valence-electron chi connectivity index (χ0n) is 10.9. The van der Waals surface area contributed by atoms with Crippen molar-refractivity contribution in [3.05, 3.63) is 17.9 Å². The molecule has 3 atom stereocenters. The lowest BCUT2D eigenvalue weighted by atomic mass is 9.95. The van der Waals surface area contributed by atoms with Gasteiger partial charge in [-0.15, -0.1) is 0 Å². The summed E-state index contributed by atoms with van der Waals surface area (Å²) < 4.78 is 42.1. The molecule has 3 nitrogen and oxygen atoms in total. The summed E-state index contributed by atoms with van der Waals surface area (Å²) in [6.07, 6.45) is 4.72. The van der Waals surface area contributed by atoms with Crippen molar-refractivity contribution in [3.8, 4) is 5.75 Å². The van der Waals surface area contributed by atoms with Crippen LogP contribution in [0.25, 0.3) is 0 Å². The van der Waals surface area contributed by atoms with E-state index in [2.05, 4.69) is 10.1 Å². The number of anilines is 2. The predicted molar refractivity (Wildman–Crippen MR) is 70.3 cm³/mol. The molecular formula is C14H17F3N2O. The Labute approximate surface area is 115 Å².